The van der Waals surface area contributed by atoms with Crippen molar-refractivity contribution in [1.29, 1.82) is 0 Å². The van der Waals surface area contributed by atoms with Crippen molar-refractivity contribution in [2.75, 3.05) is 13.9 Å². The second-order valence-electron chi connectivity index (χ2n) is 3.26. The molecular formula is C11H14O4. The van der Waals surface area contributed by atoms with Crippen molar-refractivity contribution in [3.05, 3.63) is 23.3 Å². The lowest BCUT2D eigenvalue weighted by atomic mass is 10.1. The van der Waals surface area contributed by atoms with Crippen molar-refractivity contribution in [3.63, 3.8) is 0 Å². The van der Waals surface area contributed by atoms with Gasteiger partial charge in [-0.3, -0.25) is 4.79 Å². The lowest BCUT2D eigenvalue weighted by Gasteiger charge is -2.11. The highest BCUT2D eigenvalue weighted by Crippen LogP contribution is 2.29. The summed E-state index contributed by atoms with van der Waals surface area (Å²) in [7, 11) is 1.49. The Morgan fingerprint density at radius 1 is 1.47 bits per heavy atom. The Balaban J connectivity index is 3.14. The molecule has 15 heavy (non-hydrogen) atoms. The molecule has 0 amide bonds. The summed E-state index contributed by atoms with van der Waals surface area (Å²) in [6, 6.07) is 3.21. The number of phenols is 1. The van der Waals surface area contributed by atoms with Gasteiger partial charge in [-0.15, -0.1) is 0 Å². The van der Waals surface area contributed by atoms with E-state index in [0.29, 0.717) is 5.75 Å². The molecule has 0 aromatic heterocycles. The molecule has 0 aliphatic rings. The van der Waals surface area contributed by atoms with Crippen molar-refractivity contribution in [3.8, 4) is 11.5 Å². The number of Topliss-reactive ketones (excluding diaryl/α,β-unsaturated/α-hetero) is 1. The SMILES string of the molecule is COCOc1cc(C)cc(O)c1C(C)=O. The minimum Gasteiger partial charge on any atom is -0.507 e. The Labute approximate surface area is 88.4 Å². The van der Waals surface area contributed by atoms with Crippen LogP contribution in [0.2, 0.25) is 0 Å². The van der Waals surface area contributed by atoms with Crippen molar-refractivity contribution in [2.45, 2.75) is 13.8 Å². The standard InChI is InChI=1S/C11H14O4/c1-7-4-9(13)11(8(2)12)10(5-7)15-6-14-3/h4-5,13H,6H2,1-3H3. The second-order valence-corrected chi connectivity index (χ2v) is 3.26. The first kappa shape index (κ1) is 11.5. The molecule has 0 fully saturated rings. The summed E-state index contributed by atoms with van der Waals surface area (Å²) in [6.07, 6.45) is 0. The van der Waals surface area contributed by atoms with Gasteiger partial charge in [0.05, 0.1) is 0 Å². The molecule has 0 heterocycles. The van der Waals surface area contributed by atoms with Crippen LogP contribution in [0, 0.1) is 6.92 Å². The lowest BCUT2D eigenvalue weighted by molar-refractivity contribution is 0.0501. The Morgan fingerprint density at radius 2 is 2.13 bits per heavy atom. The van der Waals surface area contributed by atoms with E-state index in [-0.39, 0.29) is 23.9 Å². The Bertz CT molecular complexity index is 371. The van der Waals surface area contributed by atoms with Gasteiger partial charge in [0.2, 0.25) is 0 Å². The Hall–Kier alpha value is -1.55. The fourth-order valence-electron chi connectivity index (χ4n) is 1.32. The monoisotopic (exact) mass is 210 g/mol. The van der Waals surface area contributed by atoms with Gasteiger partial charge < -0.3 is 14.6 Å². The normalized spacial score (nSPS) is 10.1. The number of phenolic OH excluding ortho intramolecular Hbond substituents is 1. The molecule has 0 spiro atoms. The van der Waals surface area contributed by atoms with E-state index >= 15 is 0 Å². The Kier molecular flexibility index (Phi) is 3.68. The number of carbonyl (C=O) groups is 1. The van der Waals surface area contributed by atoms with Crippen molar-refractivity contribution >= 4 is 5.78 Å². The van der Waals surface area contributed by atoms with Crippen molar-refractivity contribution < 1.29 is 19.4 Å². The summed E-state index contributed by atoms with van der Waals surface area (Å²) in [4.78, 5) is 11.3. The van der Waals surface area contributed by atoms with Crippen molar-refractivity contribution in [2.24, 2.45) is 0 Å². The van der Waals surface area contributed by atoms with E-state index in [9.17, 15) is 9.90 Å². The zero-order chi connectivity index (χ0) is 11.4. The van der Waals surface area contributed by atoms with Crippen molar-refractivity contribution in [1.82, 2.24) is 0 Å². The number of hydrogen-bond acceptors (Lipinski definition) is 4. The summed E-state index contributed by atoms with van der Waals surface area (Å²) in [5, 5.41) is 9.60. The molecule has 82 valence electrons. The van der Waals surface area contributed by atoms with Crippen LogP contribution in [0.15, 0.2) is 12.1 Å². The van der Waals surface area contributed by atoms with Gasteiger partial charge in [-0.25, -0.2) is 0 Å². The van der Waals surface area contributed by atoms with E-state index in [1.807, 2.05) is 6.92 Å². The highest BCUT2D eigenvalue weighted by Gasteiger charge is 2.14. The van der Waals surface area contributed by atoms with Gasteiger partial charge in [0, 0.05) is 7.11 Å². The molecule has 1 aromatic carbocycles. The number of aromatic hydroxyl groups is 1. The number of benzene rings is 1. The summed E-state index contributed by atoms with van der Waals surface area (Å²) in [6.45, 7) is 3.23. The summed E-state index contributed by atoms with van der Waals surface area (Å²) < 4.78 is 9.95. The van der Waals surface area contributed by atoms with E-state index in [0.717, 1.165) is 5.56 Å². The number of ketones is 1. The summed E-state index contributed by atoms with van der Waals surface area (Å²) in [5.41, 5.74) is 1.02. The predicted octanol–water partition coefficient (Wildman–Crippen LogP) is 1.89. The zero-order valence-corrected chi connectivity index (χ0v) is 9.03. The second kappa shape index (κ2) is 4.79. The maximum absolute atomic E-state index is 11.3. The van der Waals surface area contributed by atoms with E-state index < -0.39 is 0 Å². The third kappa shape index (κ3) is 2.70. The number of rotatable bonds is 4. The third-order valence-corrected chi connectivity index (χ3v) is 1.91. The van der Waals surface area contributed by atoms with Crippen LogP contribution < -0.4 is 4.74 Å². The third-order valence-electron chi connectivity index (χ3n) is 1.91. The molecule has 0 saturated heterocycles. The molecule has 0 bridgehead atoms. The molecule has 4 nitrogen and oxygen atoms in total. The van der Waals surface area contributed by atoms with Gasteiger partial charge in [-0.2, -0.15) is 0 Å². The topological polar surface area (TPSA) is 55.8 Å². The highest BCUT2D eigenvalue weighted by atomic mass is 16.7. The van der Waals surface area contributed by atoms with E-state index in [4.69, 9.17) is 9.47 Å². The van der Waals surface area contributed by atoms with Crippen LogP contribution >= 0.6 is 0 Å². The van der Waals surface area contributed by atoms with E-state index in [1.54, 1.807) is 6.07 Å². The number of methoxy groups -OCH3 is 1. The molecule has 1 N–H and O–H groups in total. The molecule has 1 rings (SSSR count). The van der Waals surface area contributed by atoms with Gasteiger partial charge in [-0.1, -0.05) is 0 Å². The smallest absolute Gasteiger partial charge is 0.188 e. The maximum Gasteiger partial charge on any atom is 0.188 e. The highest BCUT2D eigenvalue weighted by molar-refractivity contribution is 5.99. The van der Waals surface area contributed by atoms with Gasteiger partial charge in [-0.05, 0) is 31.5 Å². The lowest BCUT2D eigenvalue weighted by Crippen LogP contribution is -2.04. The number of aryl methyl sites for hydroxylation is 1. The van der Waals surface area contributed by atoms with Gasteiger partial charge in [0.25, 0.3) is 0 Å². The molecule has 0 saturated carbocycles. The zero-order valence-electron chi connectivity index (χ0n) is 9.03. The van der Waals surface area contributed by atoms with Crippen LogP contribution in [-0.2, 0) is 4.74 Å². The average Bonchev–Trinajstić information content (AvgIpc) is 2.12. The number of carbonyl (C=O) groups excluding carboxylic acids is 1. The minimum atomic E-state index is -0.237. The molecule has 0 radical (unpaired) electrons. The molecule has 0 atom stereocenters. The predicted molar refractivity (Wildman–Crippen MR) is 55.4 cm³/mol. The van der Waals surface area contributed by atoms with Crippen LogP contribution in [0.5, 0.6) is 11.5 Å². The molecule has 0 unspecified atom stereocenters. The number of ether oxygens (including phenoxy) is 2. The van der Waals surface area contributed by atoms with Gasteiger partial charge >= 0.3 is 0 Å². The molecule has 4 heteroatoms. The van der Waals surface area contributed by atoms with Gasteiger partial charge in [0.15, 0.2) is 12.6 Å². The Morgan fingerprint density at radius 3 is 2.67 bits per heavy atom. The van der Waals surface area contributed by atoms with Crippen LogP contribution in [0.1, 0.15) is 22.8 Å². The quantitative estimate of drug-likeness (QED) is 0.609. The van der Waals surface area contributed by atoms with Crippen LogP contribution in [0.3, 0.4) is 0 Å². The van der Waals surface area contributed by atoms with E-state index in [1.165, 1.54) is 20.1 Å². The molecule has 1 aromatic rings. The minimum absolute atomic E-state index is 0.0448. The summed E-state index contributed by atoms with van der Waals surface area (Å²) >= 11 is 0. The fourth-order valence-corrected chi connectivity index (χ4v) is 1.32. The first-order valence-corrected chi connectivity index (χ1v) is 4.52. The largest absolute Gasteiger partial charge is 0.507 e. The van der Waals surface area contributed by atoms with Crippen LogP contribution in [0.4, 0.5) is 0 Å². The van der Waals surface area contributed by atoms with Crippen LogP contribution in [-0.4, -0.2) is 24.8 Å². The summed E-state index contributed by atoms with van der Waals surface area (Å²) in [5.74, 6) is 0.0501. The number of hydrogen-bond donors (Lipinski definition) is 1. The van der Waals surface area contributed by atoms with Crippen LogP contribution in [0.25, 0.3) is 0 Å². The molecule has 0 aliphatic heterocycles. The fraction of sp³-hybridized carbons (Fsp3) is 0.364. The maximum atomic E-state index is 11.3. The first-order chi connectivity index (χ1) is 7.06. The molecule has 0 aliphatic carbocycles. The van der Waals surface area contributed by atoms with E-state index in [2.05, 4.69) is 0 Å². The molecular weight excluding hydrogens is 196 g/mol. The van der Waals surface area contributed by atoms with Gasteiger partial charge in [0.1, 0.15) is 17.1 Å². The first-order valence-electron chi connectivity index (χ1n) is 4.52. The average molecular weight is 210 g/mol.